The molecule has 0 unspecified atom stereocenters. The number of rotatable bonds is 11. The Kier molecular flexibility index (Phi) is 9.90. The number of sulfone groups is 1. The van der Waals surface area contributed by atoms with Gasteiger partial charge in [0.1, 0.15) is 15.6 Å². The number of nitrogens with zero attached hydrogens (tertiary/aromatic N) is 3. The van der Waals surface area contributed by atoms with Crippen molar-refractivity contribution in [1.82, 2.24) is 20.1 Å². The molecule has 0 saturated heterocycles. The van der Waals surface area contributed by atoms with Gasteiger partial charge in [0.2, 0.25) is 6.43 Å². The molecule has 0 atom stereocenters. The van der Waals surface area contributed by atoms with E-state index in [0.29, 0.717) is 32.2 Å². The monoisotopic (exact) mass is 596 g/mol. The lowest BCUT2D eigenvalue weighted by atomic mass is 9.88. The number of nitrogens with one attached hydrogen (secondary N) is 1. The highest BCUT2D eigenvalue weighted by atomic mass is 35.5. The standard InChI is InChI=1S/C25H33ClF4N4O4S/c1-5-34-21(17-13-31-15(10-18(17)38-24(29)30)11-25(2,3)23(27)28)19(26)20(33-34)22(35)32-12-14-6-8-16(9-7-14)39(4,36)37/h10,13-14,16,23-24H,5-9,11-12H2,1-4H3,(H,32,35)/t14-,16-. The fourth-order valence-corrected chi connectivity index (χ4v) is 6.10. The van der Waals surface area contributed by atoms with Gasteiger partial charge in [-0.25, -0.2) is 17.2 Å². The zero-order valence-corrected chi connectivity index (χ0v) is 23.8. The van der Waals surface area contributed by atoms with Gasteiger partial charge in [0.15, 0.2) is 5.69 Å². The zero-order chi connectivity index (χ0) is 29.1. The number of alkyl halides is 4. The molecule has 2 aromatic rings. The Hall–Kier alpha value is -2.41. The van der Waals surface area contributed by atoms with Gasteiger partial charge in [-0.15, -0.1) is 0 Å². The number of halogens is 5. The maximum Gasteiger partial charge on any atom is 0.387 e. The average Bonchev–Trinajstić information content (AvgIpc) is 3.18. The molecule has 218 valence electrons. The quantitative estimate of drug-likeness (QED) is 0.349. The topological polar surface area (TPSA) is 103 Å². The fourth-order valence-electron chi connectivity index (χ4n) is 4.65. The second kappa shape index (κ2) is 12.4. The molecule has 0 aliphatic heterocycles. The third kappa shape index (κ3) is 7.62. The first-order valence-corrected chi connectivity index (χ1v) is 14.9. The van der Waals surface area contributed by atoms with Crippen LogP contribution < -0.4 is 10.1 Å². The van der Waals surface area contributed by atoms with Gasteiger partial charge < -0.3 is 10.1 Å². The lowest BCUT2D eigenvalue weighted by molar-refractivity contribution is -0.0496. The summed E-state index contributed by atoms with van der Waals surface area (Å²) in [6.45, 7) is 1.72. The van der Waals surface area contributed by atoms with Crippen molar-refractivity contribution >= 4 is 27.3 Å². The van der Waals surface area contributed by atoms with E-state index in [4.69, 9.17) is 16.3 Å². The number of hydrogen-bond donors (Lipinski definition) is 1. The molecule has 0 radical (unpaired) electrons. The van der Waals surface area contributed by atoms with Crippen molar-refractivity contribution in [2.24, 2.45) is 11.3 Å². The molecular weight excluding hydrogens is 564 g/mol. The van der Waals surface area contributed by atoms with E-state index >= 15 is 0 Å². The van der Waals surface area contributed by atoms with Crippen LogP contribution in [0.2, 0.25) is 5.02 Å². The Bertz CT molecular complexity index is 1280. The molecule has 0 spiro atoms. The summed E-state index contributed by atoms with van der Waals surface area (Å²) in [6.07, 6.45) is 1.93. The number of hydrogen-bond acceptors (Lipinski definition) is 6. The van der Waals surface area contributed by atoms with Crippen LogP contribution >= 0.6 is 11.6 Å². The number of carbonyl (C=O) groups excluding carboxylic acids is 1. The second-order valence-corrected chi connectivity index (χ2v) is 13.2. The molecule has 0 bridgehead atoms. The Labute approximate surface area is 230 Å². The van der Waals surface area contributed by atoms with Crippen LogP contribution in [0.15, 0.2) is 12.3 Å². The first kappa shape index (κ1) is 31.1. The Morgan fingerprint density at radius 1 is 1.23 bits per heavy atom. The van der Waals surface area contributed by atoms with Crippen LogP contribution in [-0.2, 0) is 22.8 Å². The van der Waals surface area contributed by atoms with E-state index in [2.05, 4.69) is 15.4 Å². The SMILES string of the molecule is CCn1nc(C(=O)NC[C@H]2CC[C@H](S(C)(=O)=O)CC2)c(Cl)c1-c1cnc(CC(C)(C)C(F)F)cc1OC(F)F. The molecule has 3 rings (SSSR count). The minimum Gasteiger partial charge on any atom is -0.434 e. The third-order valence-electron chi connectivity index (χ3n) is 6.98. The van der Waals surface area contributed by atoms with Crippen LogP contribution in [-0.4, -0.2) is 60.2 Å². The van der Waals surface area contributed by atoms with Gasteiger partial charge in [-0.05, 0) is 38.5 Å². The zero-order valence-electron chi connectivity index (χ0n) is 22.2. The van der Waals surface area contributed by atoms with E-state index in [-0.39, 0.29) is 57.6 Å². The lowest BCUT2D eigenvalue weighted by Crippen LogP contribution is -2.34. The van der Waals surface area contributed by atoms with Crippen LogP contribution in [0.3, 0.4) is 0 Å². The number of pyridine rings is 1. The molecule has 1 fully saturated rings. The summed E-state index contributed by atoms with van der Waals surface area (Å²) < 4.78 is 82.9. The highest BCUT2D eigenvalue weighted by Gasteiger charge is 2.32. The van der Waals surface area contributed by atoms with Crippen molar-refractivity contribution in [3.8, 4) is 17.0 Å². The van der Waals surface area contributed by atoms with Gasteiger partial charge in [0, 0.05) is 49.1 Å². The lowest BCUT2D eigenvalue weighted by Gasteiger charge is -2.27. The van der Waals surface area contributed by atoms with E-state index in [1.807, 2.05) is 0 Å². The highest BCUT2D eigenvalue weighted by Crippen LogP contribution is 2.39. The molecular formula is C25H33ClF4N4O4S. The van der Waals surface area contributed by atoms with E-state index in [1.165, 1.54) is 37.0 Å². The molecule has 1 aliphatic rings. The summed E-state index contributed by atoms with van der Waals surface area (Å²) in [6, 6.07) is 1.17. The maximum atomic E-state index is 13.4. The van der Waals surface area contributed by atoms with Crippen molar-refractivity contribution in [1.29, 1.82) is 0 Å². The molecule has 8 nitrogen and oxygen atoms in total. The van der Waals surface area contributed by atoms with Gasteiger partial charge in [-0.3, -0.25) is 14.5 Å². The summed E-state index contributed by atoms with van der Waals surface area (Å²) in [5.74, 6) is -0.803. The summed E-state index contributed by atoms with van der Waals surface area (Å²) >= 11 is 6.54. The summed E-state index contributed by atoms with van der Waals surface area (Å²) in [5, 5.41) is 6.58. The minimum atomic E-state index is -3.21. The first-order valence-electron chi connectivity index (χ1n) is 12.6. The van der Waals surface area contributed by atoms with Crippen LogP contribution in [0.4, 0.5) is 17.6 Å². The van der Waals surface area contributed by atoms with Crippen molar-refractivity contribution in [2.45, 2.75) is 77.7 Å². The molecule has 39 heavy (non-hydrogen) atoms. The van der Waals surface area contributed by atoms with Crippen LogP contribution in [0.25, 0.3) is 11.3 Å². The van der Waals surface area contributed by atoms with Gasteiger partial charge in [-0.2, -0.15) is 13.9 Å². The van der Waals surface area contributed by atoms with Crippen LogP contribution in [0.5, 0.6) is 5.75 Å². The number of aromatic nitrogens is 3. The summed E-state index contributed by atoms with van der Waals surface area (Å²) in [7, 11) is -3.10. The number of amides is 1. The molecule has 14 heteroatoms. The predicted octanol–water partition coefficient (Wildman–Crippen LogP) is 5.39. The molecule has 2 aromatic heterocycles. The van der Waals surface area contributed by atoms with Gasteiger partial charge in [0.05, 0.1) is 21.5 Å². The average molecular weight is 597 g/mol. The largest absolute Gasteiger partial charge is 0.434 e. The number of aryl methyl sites for hydroxylation is 1. The fraction of sp³-hybridized carbons (Fsp3) is 0.640. The normalized spacial score (nSPS) is 18.5. The van der Waals surface area contributed by atoms with E-state index < -0.39 is 34.2 Å². The Morgan fingerprint density at radius 2 is 1.87 bits per heavy atom. The molecule has 1 saturated carbocycles. The van der Waals surface area contributed by atoms with Crippen molar-refractivity contribution < 1.29 is 35.5 Å². The molecule has 1 amide bonds. The van der Waals surface area contributed by atoms with Crippen molar-refractivity contribution in [3.63, 3.8) is 0 Å². The van der Waals surface area contributed by atoms with Gasteiger partial charge in [0.25, 0.3) is 5.91 Å². The molecule has 0 aromatic carbocycles. The smallest absolute Gasteiger partial charge is 0.387 e. The Morgan fingerprint density at radius 3 is 2.41 bits per heavy atom. The van der Waals surface area contributed by atoms with Crippen LogP contribution in [0, 0.1) is 11.3 Å². The van der Waals surface area contributed by atoms with Gasteiger partial charge >= 0.3 is 6.61 Å². The van der Waals surface area contributed by atoms with Crippen LogP contribution in [0.1, 0.15) is 62.6 Å². The predicted molar refractivity (Wildman–Crippen MR) is 139 cm³/mol. The summed E-state index contributed by atoms with van der Waals surface area (Å²) in [5.41, 5.74) is -1.28. The highest BCUT2D eigenvalue weighted by molar-refractivity contribution is 7.91. The van der Waals surface area contributed by atoms with E-state index in [1.54, 1.807) is 6.92 Å². The Balaban J connectivity index is 1.85. The van der Waals surface area contributed by atoms with E-state index in [0.717, 1.165) is 0 Å². The third-order valence-corrected chi connectivity index (χ3v) is 9.02. The van der Waals surface area contributed by atoms with E-state index in [9.17, 15) is 30.8 Å². The van der Waals surface area contributed by atoms with Crippen molar-refractivity contribution in [3.05, 3.63) is 28.7 Å². The number of carbonyl (C=O) groups is 1. The number of ether oxygens (including phenoxy) is 1. The molecule has 1 N–H and O–H groups in total. The second-order valence-electron chi connectivity index (χ2n) is 10.5. The maximum absolute atomic E-state index is 13.4. The minimum absolute atomic E-state index is 0.0337. The van der Waals surface area contributed by atoms with Crippen molar-refractivity contribution in [2.75, 3.05) is 12.8 Å². The van der Waals surface area contributed by atoms with Gasteiger partial charge in [-0.1, -0.05) is 25.4 Å². The first-order chi connectivity index (χ1) is 18.1. The molecule has 1 aliphatic carbocycles. The molecule has 2 heterocycles. The summed E-state index contributed by atoms with van der Waals surface area (Å²) in [4.78, 5) is 17.2.